The van der Waals surface area contributed by atoms with Gasteiger partial charge in [0.15, 0.2) is 0 Å². The van der Waals surface area contributed by atoms with Crippen LogP contribution in [0.15, 0.2) is 39.9 Å². The molecule has 0 aliphatic heterocycles. The van der Waals surface area contributed by atoms with E-state index in [2.05, 4.69) is 15.8 Å². The first-order chi connectivity index (χ1) is 11.9. The zero-order valence-electron chi connectivity index (χ0n) is 13.6. The van der Waals surface area contributed by atoms with Gasteiger partial charge in [0, 0.05) is 17.2 Å². The second-order valence-corrected chi connectivity index (χ2v) is 5.18. The topological polar surface area (TPSA) is 127 Å². The molecular weight excluding hydrogens is 328 g/mol. The van der Waals surface area contributed by atoms with E-state index in [1.165, 1.54) is 24.4 Å². The van der Waals surface area contributed by atoms with Crippen LogP contribution in [-0.4, -0.2) is 29.5 Å². The second-order valence-electron chi connectivity index (χ2n) is 5.18. The molecule has 9 nitrogen and oxygen atoms in total. The Morgan fingerprint density at radius 2 is 2.04 bits per heavy atom. The van der Waals surface area contributed by atoms with E-state index < -0.39 is 16.7 Å². The molecule has 0 aliphatic carbocycles. The Morgan fingerprint density at radius 1 is 1.28 bits per heavy atom. The summed E-state index contributed by atoms with van der Waals surface area (Å²) in [5.74, 6) is 0.0550. The van der Waals surface area contributed by atoms with Gasteiger partial charge in [-0.05, 0) is 32.0 Å². The minimum atomic E-state index is -0.594. The smallest absolute Gasteiger partial charge is 0.273 e. The molecule has 2 N–H and O–H groups in total. The lowest BCUT2D eigenvalue weighted by Crippen LogP contribution is -2.34. The number of amides is 2. The number of nitro benzene ring substituents is 1. The summed E-state index contributed by atoms with van der Waals surface area (Å²) in [7, 11) is 0. The van der Waals surface area contributed by atoms with E-state index in [9.17, 15) is 19.7 Å². The van der Waals surface area contributed by atoms with Crippen molar-refractivity contribution >= 4 is 23.7 Å². The van der Waals surface area contributed by atoms with Gasteiger partial charge in [-0.2, -0.15) is 5.10 Å². The summed E-state index contributed by atoms with van der Waals surface area (Å²) in [4.78, 5) is 33.9. The molecule has 2 aromatic rings. The predicted molar refractivity (Wildman–Crippen MR) is 89.3 cm³/mol. The molecule has 0 bridgehead atoms. The van der Waals surface area contributed by atoms with Gasteiger partial charge in [-0.3, -0.25) is 19.7 Å². The number of rotatable bonds is 6. The summed E-state index contributed by atoms with van der Waals surface area (Å²) in [5, 5.41) is 16.9. The summed E-state index contributed by atoms with van der Waals surface area (Å²) >= 11 is 0. The third-order valence-electron chi connectivity index (χ3n) is 3.22. The monoisotopic (exact) mass is 344 g/mol. The number of nitrogens with one attached hydrogen (secondary N) is 2. The highest BCUT2D eigenvalue weighted by Crippen LogP contribution is 2.19. The standard InChI is InChI=1S/C16H16N4O5/c1-10-3-5-12(7-14(10)20(23)24)16(22)17-9-15(21)19-18-8-13-6-4-11(2)25-13/h3-8H,9H2,1-2H3,(H,17,22)(H,19,21)/b18-8+. The molecule has 0 radical (unpaired) electrons. The first-order valence-corrected chi connectivity index (χ1v) is 7.28. The van der Waals surface area contributed by atoms with Crippen LogP contribution in [0, 0.1) is 24.0 Å². The van der Waals surface area contributed by atoms with Crippen LogP contribution in [0.4, 0.5) is 5.69 Å². The SMILES string of the molecule is Cc1ccc(/C=N/NC(=O)CNC(=O)c2ccc(C)c([N+](=O)[O-])c2)o1. The lowest BCUT2D eigenvalue weighted by atomic mass is 10.1. The fourth-order valence-electron chi connectivity index (χ4n) is 1.94. The lowest BCUT2D eigenvalue weighted by Gasteiger charge is -2.05. The van der Waals surface area contributed by atoms with Gasteiger partial charge in [-0.15, -0.1) is 0 Å². The van der Waals surface area contributed by atoms with Crippen LogP contribution < -0.4 is 10.7 Å². The van der Waals surface area contributed by atoms with Gasteiger partial charge in [0.05, 0.1) is 17.7 Å². The van der Waals surface area contributed by atoms with E-state index in [1.54, 1.807) is 26.0 Å². The molecule has 2 rings (SSSR count). The van der Waals surface area contributed by atoms with E-state index in [4.69, 9.17) is 4.42 Å². The van der Waals surface area contributed by atoms with Crippen molar-refractivity contribution in [3.8, 4) is 0 Å². The Morgan fingerprint density at radius 3 is 2.68 bits per heavy atom. The summed E-state index contributed by atoms with van der Waals surface area (Å²) in [5.41, 5.74) is 2.62. The zero-order valence-corrected chi connectivity index (χ0v) is 13.6. The van der Waals surface area contributed by atoms with Gasteiger partial charge >= 0.3 is 0 Å². The van der Waals surface area contributed by atoms with Gasteiger partial charge in [0.25, 0.3) is 17.5 Å². The number of furan rings is 1. The Labute approximate surface area is 142 Å². The fourth-order valence-corrected chi connectivity index (χ4v) is 1.94. The van der Waals surface area contributed by atoms with Gasteiger partial charge in [-0.25, -0.2) is 5.43 Å². The third-order valence-corrected chi connectivity index (χ3v) is 3.22. The van der Waals surface area contributed by atoms with Crippen molar-refractivity contribution in [3.63, 3.8) is 0 Å². The number of hydrogen-bond donors (Lipinski definition) is 2. The number of hydrazone groups is 1. The largest absolute Gasteiger partial charge is 0.460 e. The quantitative estimate of drug-likeness (QED) is 0.468. The maximum atomic E-state index is 12.0. The highest BCUT2D eigenvalue weighted by Gasteiger charge is 2.15. The molecule has 0 atom stereocenters. The molecule has 0 fully saturated rings. The molecule has 1 aromatic carbocycles. The van der Waals surface area contributed by atoms with Crippen molar-refractivity contribution in [1.82, 2.24) is 10.7 Å². The zero-order chi connectivity index (χ0) is 18.4. The molecule has 0 saturated carbocycles. The van der Waals surface area contributed by atoms with Crippen molar-refractivity contribution in [2.24, 2.45) is 5.10 Å². The summed E-state index contributed by atoms with van der Waals surface area (Å²) < 4.78 is 5.24. The number of nitrogens with zero attached hydrogens (tertiary/aromatic N) is 2. The first-order valence-electron chi connectivity index (χ1n) is 7.28. The fraction of sp³-hybridized carbons (Fsp3) is 0.188. The molecule has 0 unspecified atom stereocenters. The summed E-state index contributed by atoms with van der Waals surface area (Å²) in [6, 6.07) is 7.54. The van der Waals surface area contributed by atoms with E-state index in [1.807, 2.05) is 0 Å². The summed E-state index contributed by atoms with van der Waals surface area (Å²) in [6.07, 6.45) is 1.33. The minimum Gasteiger partial charge on any atom is -0.460 e. The molecule has 2 amide bonds. The van der Waals surface area contributed by atoms with Crippen LogP contribution in [0.25, 0.3) is 0 Å². The second kappa shape index (κ2) is 7.86. The van der Waals surface area contributed by atoms with E-state index in [0.29, 0.717) is 17.1 Å². The molecule has 130 valence electrons. The number of benzene rings is 1. The normalized spacial score (nSPS) is 10.6. The lowest BCUT2D eigenvalue weighted by molar-refractivity contribution is -0.385. The van der Waals surface area contributed by atoms with Crippen molar-refractivity contribution < 1.29 is 18.9 Å². The van der Waals surface area contributed by atoms with Gasteiger partial charge in [0.2, 0.25) is 0 Å². The highest BCUT2D eigenvalue weighted by molar-refractivity contribution is 5.97. The van der Waals surface area contributed by atoms with Crippen LogP contribution in [0.5, 0.6) is 0 Å². The van der Waals surface area contributed by atoms with Crippen molar-refractivity contribution in [1.29, 1.82) is 0 Å². The van der Waals surface area contributed by atoms with Crippen LogP contribution in [-0.2, 0) is 4.79 Å². The molecule has 0 saturated heterocycles. The minimum absolute atomic E-state index is 0.0969. The van der Waals surface area contributed by atoms with Gasteiger partial charge in [0.1, 0.15) is 11.5 Å². The average molecular weight is 344 g/mol. The number of carbonyl (C=O) groups excluding carboxylic acids is 2. The molecule has 0 aliphatic rings. The van der Waals surface area contributed by atoms with Gasteiger partial charge < -0.3 is 9.73 Å². The van der Waals surface area contributed by atoms with Crippen LogP contribution >= 0.6 is 0 Å². The predicted octanol–water partition coefficient (Wildman–Crippen LogP) is 1.68. The molecule has 25 heavy (non-hydrogen) atoms. The molecular formula is C16H16N4O5. The van der Waals surface area contributed by atoms with Crippen LogP contribution in [0.2, 0.25) is 0 Å². The highest BCUT2D eigenvalue weighted by atomic mass is 16.6. The van der Waals surface area contributed by atoms with Crippen LogP contribution in [0.1, 0.15) is 27.4 Å². The maximum Gasteiger partial charge on any atom is 0.273 e. The number of aryl methyl sites for hydroxylation is 2. The molecule has 1 heterocycles. The molecule has 1 aromatic heterocycles. The van der Waals surface area contributed by atoms with E-state index in [-0.39, 0.29) is 17.8 Å². The molecule has 9 heteroatoms. The number of nitro groups is 1. The molecule has 0 spiro atoms. The number of carbonyl (C=O) groups is 2. The Bertz CT molecular complexity index is 841. The Hall–Kier alpha value is -3.49. The third kappa shape index (κ3) is 4.99. The van der Waals surface area contributed by atoms with Crippen molar-refractivity contribution in [2.45, 2.75) is 13.8 Å². The van der Waals surface area contributed by atoms with Crippen LogP contribution in [0.3, 0.4) is 0 Å². The van der Waals surface area contributed by atoms with Crippen molar-refractivity contribution in [3.05, 3.63) is 63.1 Å². The maximum absolute atomic E-state index is 12.0. The van der Waals surface area contributed by atoms with Gasteiger partial charge in [-0.1, -0.05) is 6.07 Å². The average Bonchev–Trinajstić information content (AvgIpc) is 2.98. The Kier molecular flexibility index (Phi) is 5.62. The van der Waals surface area contributed by atoms with E-state index in [0.717, 1.165) is 0 Å². The van der Waals surface area contributed by atoms with Crippen molar-refractivity contribution in [2.75, 3.05) is 6.54 Å². The van der Waals surface area contributed by atoms with E-state index >= 15 is 0 Å². The number of hydrogen-bond acceptors (Lipinski definition) is 6. The Balaban J connectivity index is 1.87. The first kappa shape index (κ1) is 17.9. The summed E-state index contributed by atoms with van der Waals surface area (Å²) in [6.45, 7) is 3.03.